The van der Waals surface area contributed by atoms with Crippen molar-refractivity contribution in [1.82, 2.24) is 4.57 Å². The fraction of sp³-hybridized carbons (Fsp3) is 0.214. The maximum Gasteiger partial charge on any atom is 0.338 e. The molecule has 3 aromatic rings. The van der Waals surface area contributed by atoms with Crippen molar-refractivity contribution in [2.24, 2.45) is 4.99 Å². The maximum atomic E-state index is 13.7. The number of thiazole rings is 1. The predicted molar refractivity (Wildman–Crippen MR) is 142 cm³/mol. The lowest BCUT2D eigenvalue weighted by atomic mass is 9.96. The summed E-state index contributed by atoms with van der Waals surface area (Å²) in [5, 5.41) is 0. The summed E-state index contributed by atoms with van der Waals surface area (Å²) in [7, 11) is 3.03. The zero-order chi connectivity index (χ0) is 27.4. The molecule has 0 fully saturated rings. The number of fused-ring (bicyclic) bond motifs is 1. The van der Waals surface area contributed by atoms with Crippen LogP contribution in [0.25, 0.3) is 6.08 Å². The van der Waals surface area contributed by atoms with Gasteiger partial charge in [-0.05, 0) is 48.4 Å². The molecular formula is C28H26N2O7S. The summed E-state index contributed by atoms with van der Waals surface area (Å²) in [6.45, 7) is 6.65. The van der Waals surface area contributed by atoms with Crippen LogP contribution < -0.4 is 29.1 Å². The van der Waals surface area contributed by atoms with Crippen molar-refractivity contribution in [3.63, 3.8) is 0 Å². The van der Waals surface area contributed by atoms with Crippen molar-refractivity contribution in [3.8, 4) is 17.2 Å². The number of carbonyl (C=O) groups excluding carboxylic acids is 2. The maximum absolute atomic E-state index is 13.7. The first-order valence-electron chi connectivity index (χ1n) is 11.6. The van der Waals surface area contributed by atoms with E-state index in [1.165, 1.54) is 36.0 Å². The second-order valence-corrected chi connectivity index (χ2v) is 9.26. The number of rotatable bonds is 8. The molecule has 0 bridgehead atoms. The molecule has 0 N–H and O–H groups in total. The first-order valence-corrected chi connectivity index (χ1v) is 12.4. The lowest BCUT2D eigenvalue weighted by Crippen LogP contribution is -2.39. The molecule has 2 heterocycles. The Labute approximate surface area is 222 Å². The summed E-state index contributed by atoms with van der Waals surface area (Å²) < 4.78 is 23.0. The molecule has 38 heavy (non-hydrogen) atoms. The van der Waals surface area contributed by atoms with Gasteiger partial charge in [-0.3, -0.25) is 14.2 Å². The number of carbonyl (C=O) groups is 2. The first-order chi connectivity index (χ1) is 18.3. The highest BCUT2D eigenvalue weighted by Crippen LogP contribution is 2.32. The van der Waals surface area contributed by atoms with Gasteiger partial charge in [0.25, 0.3) is 5.56 Å². The third kappa shape index (κ3) is 5.30. The summed E-state index contributed by atoms with van der Waals surface area (Å²) >= 11 is 1.20. The van der Waals surface area contributed by atoms with Gasteiger partial charge in [-0.25, -0.2) is 9.79 Å². The van der Waals surface area contributed by atoms with E-state index < -0.39 is 18.0 Å². The van der Waals surface area contributed by atoms with Crippen LogP contribution in [0, 0.1) is 0 Å². The van der Waals surface area contributed by atoms with Crippen LogP contribution in [0.2, 0.25) is 0 Å². The molecule has 1 aliphatic rings. The van der Waals surface area contributed by atoms with Gasteiger partial charge in [-0.15, -0.1) is 0 Å². The van der Waals surface area contributed by atoms with E-state index in [-0.39, 0.29) is 23.5 Å². The first kappa shape index (κ1) is 26.6. The Morgan fingerprint density at radius 3 is 2.47 bits per heavy atom. The highest BCUT2D eigenvalue weighted by atomic mass is 32.1. The molecule has 0 spiro atoms. The number of methoxy groups -OCH3 is 2. The number of esters is 2. The quantitative estimate of drug-likeness (QED) is 0.249. The monoisotopic (exact) mass is 534 g/mol. The predicted octanol–water partition coefficient (Wildman–Crippen LogP) is 2.91. The lowest BCUT2D eigenvalue weighted by molar-refractivity contribution is -0.138. The minimum Gasteiger partial charge on any atom is -0.497 e. The molecule has 0 saturated carbocycles. The van der Waals surface area contributed by atoms with E-state index in [1.54, 1.807) is 62.6 Å². The molecule has 0 aliphatic carbocycles. The van der Waals surface area contributed by atoms with Gasteiger partial charge in [0.15, 0.2) is 16.3 Å². The van der Waals surface area contributed by atoms with Crippen LogP contribution in [-0.4, -0.2) is 37.3 Å². The van der Waals surface area contributed by atoms with Crippen LogP contribution in [0.1, 0.15) is 31.0 Å². The van der Waals surface area contributed by atoms with Gasteiger partial charge < -0.3 is 18.9 Å². The minimum absolute atomic E-state index is 0.0283. The summed E-state index contributed by atoms with van der Waals surface area (Å²) in [5.74, 6) is 0.217. The molecular weight excluding hydrogens is 508 g/mol. The number of hydrogen-bond acceptors (Lipinski definition) is 9. The Morgan fingerprint density at radius 2 is 1.84 bits per heavy atom. The van der Waals surface area contributed by atoms with Crippen LogP contribution in [0.15, 0.2) is 76.2 Å². The van der Waals surface area contributed by atoms with E-state index in [4.69, 9.17) is 18.9 Å². The third-order valence-corrected chi connectivity index (χ3v) is 6.73. The Bertz CT molecular complexity index is 1610. The SMILES string of the molecule is C=CCOC(=O)C1=C(C)N=c2sc(=Cc3ccc(OC(C)=O)c(OC)c3)c(=O)n2C1c1ccc(OC)cc1. The molecule has 0 saturated heterocycles. The zero-order valence-electron chi connectivity index (χ0n) is 21.3. The van der Waals surface area contributed by atoms with Gasteiger partial charge in [0.1, 0.15) is 12.4 Å². The molecule has 1 unspecified atom stereocenters. The second-order valence-electron chi connectivity index (χ2n) is 8.25. The Balaban J connectivity index is 1.87. The lowest BCUT2D eigenvalue weighted by Gasteiger charge is -2.24. The van der Waals surface area contributed by atoms with Gasteiger partial charge in [-0.2, -0.15) is 0 Å². The minimum atomic E-state index is -0.752. The summed E-state index contributed by atoms with van der Waals surface area (Å²) in [4.78, 5) is 43.2. The fourth-order valence-corrected chi connectivity index (χ4v) is 5.11. The summed E-state index contributed by atoms with van der Waals surface area (Å²) in [5.41, 5.74) is 1.76. The van der Waals surface area contributed by atoms with Crippen molar-refractivity contribution in [2.45, 2.75) is 19.9 Å². The van der Waals surface area contributed by atoms with Gasteiger partial charge in [0, 0.05) is 6.92 Å². The number of nitrogens with zero attached hydrogens (tertiary/aromatic N) is 2. The van der Waals surface area contributed by atoms with Gasteiger partial charge >= 0.3 is 11.9 Å². The van der Waals surface area contributed by atoms with E-state index in [0.717, 1.165) is 0 Å². The molecule has 9 nitrogen and oxygen atoms in total. The highest BCUT2D eigenvalue weighted by Gasteiger charge is 2.33. The van der Waals surface area contributed by atoms with Crippen LogP contribution >= 0.6 is 11.3 Å². The van der Waals surface area contributed by atoms with E-state index in [9.17, 15) is 14.4 Å². The molecule has 4 rings (SSSR count). The van der Waals surface area contributed by atoms with Crippen LogP contribution in [0.4, 0.5) is 0 Å². The number of hydrogen-bond donors (Lipinski definition) is 0. The molecule has 1 aromatic heterocycles. The van der Waals surface area contributed by atoms with Crippen molar-refractivity contribution in [1.29, 1.82) is 0 Å². The number of benzene rings is 2. The molecule has 2 aromatic carbocycles. The fourth-order valence-electron chi connectivity index (χ4n) is 4.06. The van der Waals surface area contributed by atoms with E-state index in [1.807, 2.05) is 0 Å². The molecule has 1 aliphatic heterocycles. The molecule has 0 radical (unpaired) electrons. The average molecular weight is 535 g/mol. The van der Waals surface area contributed by atoms with E-state index >= 15 is 0 Å². The van der Waals surface area contributed by atoms with Crippen molar-refractivity contribution in [3.05, 3.63) is 97.2 Å². The number of aromatic nitrogens is 1. The number of ether oxygens (including phenoxy) is 4. The van der Waals surface area contributed by atoms with Crippen LogP contribution in [0.5, 0.6) is 17.2 Å². The van der Waals surface area contributed by atoms with Crippen molar-refractivity contribution >= 4 is 29.4 Å². The van der Waals surface area contributed by atoms with Crippen LogP contribution in [-0.2, 0) is 14.3 Å². The normalized spacial score (nSPS) is 14.8. The van der Waals surface area contributed by atoms with Crippen LogP contribution in [0.3, 0.4) is 0 Å². The Morgan fingerprint density at radius 1 is 1.11 bits per heavy atom. The van der Waals surface area contributed by atoms with Crippen molar-refractivity contribution < 1.29 is 28.5 Å². The van der Waals surface area contributed by atoms with E-state index in [2.05, 4.69) is 11.6 Å². The number of allylic oxidation sites excluding steroid dienone is 1. The van der Waals surface area contributed by atoms with Gasteiger partial charge in [-0.1, -0.05) is 42.2 Å². The highest BCUT2D eigenvalue weighted by molar-refractivity contribution is 7.07. The van der Waals surface area contributed by atoms with E-state index in [0.29, 0.717) is 37.7 Å². The average Bonchev–Trinajstić information content (AvgIpc) is 3.21. The zero-order valence-corrected chi connectivity index (χ0v) is 22.2. The third-order valence-electron chi connectivity index (χ3n) is 5.74. The standard InChI is InChI=1S/C28H26N2O7S/c1-6-13-36-27(33)24-16(2)29-28-30(25(24)19-8-10-20(34-4)11-9-19)26(32)23(38-28)15-18-7-12-21(37-17(3)31)22(14-18)35-5/h6-12,14-15,25H,1,13H2,2-5H3. The molecule has 0 amide bonds. The smallest absolute Gasteiger partial charge is 0.338 e. The van der Waals surface area contributed by atoms with Gasteiger partial charge in [0.2, 0.25) is 0 Å². The topological polar surface area (TPSA) is 105 Å². The molecule has 10 heteroatoms. The molecule has 1 atom stereocenters. The summed E-state index contributed by atoms with van der Waals surface area (Å²) in [6, 6.07) is 11.4. The molecule has 196 valence electrons. The summed E-state index contributed by atoms with van der Waals surface area (Å²) in [6.07, 6.45) is 3.18. The Kier molecular flexibility index (Phi) is 7.92. The second kappa shape index (κ2) is 11.3. The van der Waals surface area contributed by atoms with Crippen molar-refractivity contribution in [2.75, 3.05) is 20.8 Å². The van der Waals surface area contributed by atoms with Gasteiger partial charge in [0.05, 0.1) is 36.1 Å². The largest absolute Gasteiger partial charge is 0.497 e. The Hall–Kier alpha value is -4.44.